The lowest BCUT2D eigenvalue weighted by Crippen LogP contribution is -2.45. The van der Waals surface area contributed by atoms with Crippen LogP contribution in [-0.2, 0) is 0 Å². The minimum atomic E-state index is 0. The number of benzene rings is 2. The molecular weight excluding hydrogens is 495 g/mol. The molecule has 0 spiro atoms. The number of rotatable bonds is 8. The quantitative estimate of drug-likeness (QED) is 0.239. The van der Waals surface area contributed by atoms with Gasteiger partial charge in [-0.25, -0.2) is 0 Å². The molecular formula is C22H31IN4O3. The largest absolute Gasteiger partial charge is 0.497 e. The van der Waals surface area contributed by atoms with Crippen molar-refractivity contribution in [2.45, 2.75) is 12.5 Å². The Balaban J connectivity index is 0.00000320. The zero-order chi connectivity index (χ0) is 20.5. The van der Waals surface area contributed by atoms with E-state index in [-0.39, 0.29) is 24.0 Å². The van der Waals surface area contributed by atoms with Gasteiger partial charge in [0.15, 0.2) is 5.96 Å². The van der Waals surface area contributed by atoms with Crippen LogP contribution in [0.25, 0.3) is 0 Å². The predicted molar refractivity (Wildman–Crippen MR) is 132 cm³/mol. The molecule has 1 unspecified atom stereocenters. The van der Waals surface area contributed by atoms with Gasteiger partial charge in [-0.05, 0) is 42.8 Å². The third kappa shape index (κ3) is 6.58. The molecule has 2 N–H and O–H groups in total. The van der Waals surface area contributed by atoms with Crippen molar-refractivity contribution in [2.75, 3.05) is 52.4 Å². The number of nitrogens with one attached hydrogen (secondary N) is 2. The van der Waals surface area contributed by atoms with Crippen LogP contribution >= 0.6 is 24.0 Å². The lowest BCUT2D eigenvalue weighted by molar-refractivity contribution is 0.321. The number of methoxy groups -OCH3 is 2. The minimum Gasteiger partial charge on any atom is -0.497 e. The smallest absolute Gasteiger partial charge is 0.191 e. The van der Waals surface area contributed by atoms with Crippen LogP contribution < -0.4 is 29.7 Å². The summed E-state index contributed by atoms with van der Waals surface area (Å²) in [5, 5.41) is 6.81. The second kappa shape index (κ2) is 12.4. The second-order valence-electron chi connectivity index (χ2n) is 6.77. The average Bonchev–Trinajstić information content (AvgIpc) is 3.24. The summed E-state index contributed by atoms with van der Waals surface area (Å²) in [5.41, 5.74) is 1.13. The molecule has 0 radical (unpaired) electrons. The van der Waals surface area contributed by atoms with Crippen molar-refractivity contribution in [3.8, 4) is 17.2 Å². The molecule has 3 rings (SSSR count). The number of hydrogen-bond donors (Lipinski definition) is 2. The van der Waals surface area contributed by atoms with Gasteiger partial charge in [0.1, 0.15) is 23.9 Å². The Morgan fingerprint density at radius 1 is 1.07 bits per heavy atom. The molecule has 1 atom stereocenters. The highest BCUT2D eigenvalue weighted by Crippen LogP contribution is 2.30. The van der Waals surface area contributed by atoms with Crippen molar-refractivity contribution >= 4 is 35.6 Å². The van der Waals surface area contributed by atoms with E-state index in [4.69, 9.17) is 14.2 Å². The number of halogens is 1. The van der Waals surface area contributed by atoms with Crippen LogP contribution in [0.5, 0.6) is 17.2 Å². The van der Waals surface area contributed by atoms with Crippen LogP contribution in [0.1, 0.15) is 6.42 Å². The topological polar surface area (TPSA) is 67.4 Å². The van der Waals surface area contributed by atoms with Crippen molar-refractivity contribution in [1.29, 1.82) is 0 Å². The summed E-state index contributed by atoms with van der Waals surface area (Å²) in [6.45, 7) is 3.10. The van der Waals surface area contributed by atoms with Crippen LogP contribution in [0.4, 0.5) is 5.69 Å². The van der Waals surface area contributed by atoms with E-state index >= 15 is 0 Å². The molecule has 1 aliphatic heterocycles. The number of para-hydroxylation sites is 2. The van der Waals surface area contributed by atoms with Gasteiger partial charge in [-0.1, -0.05) is 12.1 Å². The number of guanidine groups is 1. The van der Waals surface area contributed by atoms with E-state index < -0.39 is 0 Å². The summed E-state index contributed by atoms with van der Waals surface area (Å²) in [4.78, 5) is 6.67. The first-order chi connectivity index (χ1) is 14.2. The Labute approximate surface area is 195 Å². The van der Waals surface area contributed by atoms with Gasteiger partial charge in [-0.3, -0.25) is 4.99 Å². The molecule has 7 nitrogen and oxygen atoms in total. The van der Waals surface area contributed by atoms with Crippen molar-refractivity contribution in [3.63, 3.8) is 0 Å². The zero-order valence-corrected chi connectivity index (χ0v) is 20.1. The third-order valence-electron chi connectivity index (χ3n) is 4.90. The summed E-state index contributed by atoms with van der Waals surface area (Å²) in [5.74, 6) is 3.33. The first-order valence-corrected chi connectivity index (χ1v) is 9.85. The number of nitrogens with zero attached hydrogens (tertiary/aromatic N) is 2. The van der Waals surface area contributed by atoms with Crippen molar-refractivity contribution in [3.05, 3.63) is 48.5 Å². The van der Waals surface area contributed by atoms with Gasteiger partial charge < -0.3 is 29.7 Å². The highest BCUT2D eigenvalue weighted by Gasteiger charge is 2.25. The zero-order valence-electron chi connectivity index (χ0n) is 17.8. The predicted octanol–water partition coefficient (Wildman–Crippen LogP) is 3.14. The van der Waals surface area contributed by atoms with Gasteiger partial charge in [0.25, 0.3) is 0 Å². The fourth-order valence-electron chi connectivity index (χ4n) is 3.39. The Bertz CT molecular complexity index is 801. The van der Waals surface area contributed by atoms with E-state index in [9.17, 15) is 0 Å². The van der Waals surface area contributed by atoms with E-state index in [1.54, 1.807) is 21.3 Å². The summed E-state index contributed by atoms with van der Waals surface area (Å²) < 4.78 is 16.4. The molecule has 1 aliphatic rings. The fourth-order valence-corrected chi connectivity index (χ4v) is 3.39. The number of ether oxygens (including phenoxy) is 3. The van der Waals surface area contributed by atoms with Crippen LogP contribution in [-0.4, -0.2) is 59.5 Å². The van der Waals surface area contributed by atoms with E-state index in [0.29, 0.717) is 19.2 Å². The average molecular weight is 526 g/mol. The van der Waals surface area contributed by atoms with Crippen LogP contribution in [0, 0.1) is 0 Å². The molecule has 0 aliphatic carbocycles. The second-order valence-corrected chi connectivity index (χ2v) is 6.77. The third-order valence-corrected chi connectivity index (χ3v) is 4.90. The van der Waals surface area contributed by atoms with E-state index in [0.717, 1.165) is 48.4 Å². The Kier molecular flexibility index (Phi) is 9.85. The van der Waals surface area contributed by atoms with Crippen LogP contribution in [0.2, 0.25) is 0 Å². The summed E-state index contributed by atoms with van der Waals surface area (Å²) in [6, 6.07) is 16.0. The van der Waals surface area contributed by atoms with Crippen molar-refractivity contribution < 1.29 is 14.2 Å². The molecule has 1 heterocycles. The molecule has 2 aromatic carbocycles. The number of aliphatic imine (C=N–C) groups is 1. The van der Waals surface area contributed by atoms with Crippen molar-refractivity contribution in [2.24, 2.45) is 4.99 Å². The highest BCUT2D eigenvalue weighted by atomic mass is 127. The standard InChI is InChI=1S/C22H30N4O3.HI/c1-23-22(24-13-15-29-19-10-8-18(27-2)9-11-19)25-17-12-14-26(16-17)20-6-4-5-7-21(20)28-3;/h4-11,17H,12-16H2,1-3H3,(H2,23,24,25);1H. The highest BCUT2D eigenvalue weighted by molar-refractivity contribution is 14.0. The van der Waals surface area contributed by atoms with Gasteiger partial charge in [0.05, 0.1) is 26.5 Å². The van der Waals surface area contributed by atoms with Crippen molar-refractivity contribution in [1.82, 2.24) is 10.6 Å². The lowest BCUT2D eigenvalue weighted by atomic mass is 10.2. The van der Waals surface area contributed by atoms with Gasteiger partial charge in [-0.15, -0.1) is 24.0 Å². The Morgan fingerprint density at radius 2 is 1.80 bits per heavy atom. The summed E-state index contributed by atoms with van der Waals surface area (Å²) >= 11 is 0. The lowest BCUT2D eigenvalue weighted by Gasteiger charge is -2.22. The van der Waals surface area contributed by atoms with Gasteiger partial charge >= 0.3 is 0 Å². The van der Waals surface area contributed by atoms with Gasteiger partial charge in [-0.2, -0.15) is 0 Å². The molecule has 1 fully saturated rings. The molecule has 1 saturated heterocycles. The normalized spacial score (nSPS) is 15.9. The molecule has 8 heteroatoms. The van der Waals surface area contributed by atoms with E-state index in [1.165, 1.54) is 0 Å². The Morgan fingerprint density at radius 3 is 2.50 bits per heavy atom. The maximum Gasteiger partial charge on any atom is 0.191 e. The van der Waals surface area contributed by atoms with Crippen LogP contribution in [0.3, 0.4) is 0 Å². The molecule has 0 bridgehead atoms. The first kappa shape index (κ1) is 23.9. The Hall–Kier alpha value is -2.36. The SMILES string of the molecule is CN=C(NCCOc1ccc(OC)cc1)NC1CCN(c2ccccc2OC)C1.I. The van der Waals surface area contributed by atoms with E-state index in [2.05, 4.69) is 26.6 Å². The maximum atomic E-state index is 5.75. The van der Waals surface area contributed by atoms with Gasteiger partial charge in [0.2, 0.25) is 0 Å². The maximum absolute atomic E-state index is 5.75. The van der Waals surface area contributed by atoms with Crippen LogP contribution in [0.15, 0.2) is 53.5 Å². The minimum absolute atomic E-state index is 0. The number of anilines is 1. The monoisotopic (exact) mass is 526 g/mol. The fraction of sp³-hybridized carbons (Fsp3) is 0.409. The summed E-state index contributed by atoms with van der Waals surface area (Å²) in [6.07, 6.45) is 1.04. The van der Waals surface area contributed by atoms with E-state index in [1.807, 2.05) is 42.5 Å². The number of hydrogen-bond acceptors (Lipinski definition) is 5. The molecule has 164 valence electrons. The first-order valence-electron chi connectivity index (χ1n) is 9.85. The molecule has 0 aromatic heterocycles. The van der Waals surface area contributed by atoms with Gasteiger partial charge in [0, 0.05) is 26.2 Å². The molecule has 2 aromatic rings. The summed E-state index contributed by atoms with van der Waals surface area (Å²) in [7, 11) is 5.15. The molecule has 0 amide bonds. The molecule has 0 saturated carbocycles. The molecule has 30 heavy (non-hydrogen) atoms.